The van der Waals surface area contributed by atoms with Crippen LogP contribution in [0.25, 0.3) is 22.0 Å². The summed E-state index contributed by atoms with van der Waals surface area (Å²) in [6.07, 6.45) is 6.10. The second-order valence-electron chi connectivity index (χ2n) is 18.4. The Kier molecular flexibility index (Phi) is 14.3. The van der Waals surface area contributed by atoms with Crippen molar-refractivity contribution in [3.8, 4) is 5.75 Å². The molecule has 6 aromatic rings. The minimum absolute atomic E-state index is 0.0954. The van der Waals surface area contributed by atoms with Gasteiger partial charge in [-0.25, -0.2) is 14.2 Å². The number of rotatable bonds is 15. The lowest BCUT2D eigenvalue weighted by molar-refractivity contribution is -0.135. The first kappa shape index (κ1) is 48.3. The van der Waals surface area contributed by atoms with Gasteiger partial charge in [-0.2, -0.15) is 4.98 Å². The molecule has 3 saturated heterocycles. The van der Waals surface area contributed by atoms with E-state index < -0.39 is 36.6 Å². The molecule has 0 bridgehead atoms. The maximum atomic E-state index is 15.7. The van der Waals surface area contributed by atoms with E-state index >= 15 is 4.39 Å². The molecule has 2 amide bonds. The number of carbonyl (C=O) groups excluding carboxylic acids is 2. The normalized spacial score (nSPS) is 17.7. The van der Waals surface area contributed by atoms with Crippen molar-refractivity contribution in [2.24, 2.45) is 0 Å². The molecule has 19 heteroatoms. The van der Waals surface area contributed by atoms with Crippen LogP contribution in [-0.2, 0) is 33.4 Å². The standard InChI is InChI=1S/C50H59BrFN10O6P/c1-6-30-27-38(56-49-53-29-35(51)47(58-49)55-37-13-12-36-34(46(37)69(4,5)66)11-10-32(7-2)54-36)42(67-8-3)28-41(30)61-21-18-33(19-22-61)60-25-23-59(24-26-60)20-17-31-9-14-39-45(44(31)52)68-50(65)62(39)40-15-16-43(63)57-48(40)64/h9-14,27-29,33,40H,6-8,15-26H2,1-5H3,(H,57,63,64)(H2,53,55,56,58). The summed E-state index contributed by atoms with van der Waals surface area (Å²) in [7, 11) is -2.75. The summed E-state index contributed by atoms with van der Waals surface area (Å²) in [5, 5.41) is 10.7. The number of oxazole rings is 1. The molecule has 3 fully saturated rings. The van der Waals surface area contributed by atoms with Crippen LogP contribution in [0.1, 0.15) is 69.3 Å². The number of pyridine rings is 1. The van der Waals surface area contributed by atoms with Gasteiger partial charge in [0, 0.05) is 92.6 Å². The smallest absolute Gasteiger partial charge is 0.420 e. The molecule has 16 nitrogen and oxygen atoms in total. The number of piperidine rings is 2. The fourth-order valence-corrected chi connectivity index (χ4v) is 11.8. The molecule has 3 aromatic heterocycles. The number of amides is 2. The molecule has 6 heterocycles. The number of benzene rings is 3. The highest BCUT2D eigenvalue weighted by Gasteiger charge is 2.33. The van der Waals surface area contributed by atoms with Gasteiger partial charge in [0.25, 0.3) is 0 Å². The SMILES string of the molecule is CCOc1cc(N2CCC(N3CCN(CCc4ccc5c(oc(=O)n5C5CCC(=O)NC5=O)c4F)CC3)CC2)c(CC)cc1Nc1ncc(Br)c(Nc2ccc3nc(CC)ccc3c2P(C)(C)=O)n1. The largest absolute Gasteiger partial charge is 0.492 e. The summed E-state index contributed by atoms with van der Waals surface area (Å²) >= 11 is 3.63. The van der Waals surface area contributed by atoms with Gasteiger partial charge in [0.05, 0.1) is 33.5 Å². The van der Waals surface area contributed by atoms with Crippen molar-refractivity contribution in [3.05, 3.63) is 92.4 Å². The Morgan fingerprint density at radius 3 is 2.39 bits per heavy atom. The fraction of sp³-hybridized carbons (Fsp3) is 0.440. The summed E-state index contributed by atoms with van der Waals surface area (Å²) in [6, 6.07) is 15.0. The topological polar surface area (TPSA) is 180 Å². The van der Waals surface area contributed by atoms with Crippen LogP contribution in [0.15, 0.2) is 68.4 Å². The molecule has 0 aliphatic carbocycles. The van der Waals surface area contributed by atoms with Crippen LogP contribution in [0.3, 0.4) is 0 Å². The Bertz CT molecular complexity index is 3030. The molecular formula is C50H59BrFN10O6P. The number of hydrogen-bond donors (Lipinski definition) is 3. The van der Waals surface area contributed by atoms with Crippen LogP contribution in [0.4, 0.5) is 33.2 Å². The molecule has 69 heavy (non-hydrogen) atoms. The van der Waals surface area contributed by atoms with Crippen molar-refractivity contribution in [2.45, 2.75) is 77.8 Å². The predicted molar refractivity (Wildman–Crippen MR) is 272 cm³/mol. The van der Waals surface area contributed by atoms with Crippen molar-refractivity contribution in [3.63, 3.8) is 0 Å². The number of fused-ring (bicyclic) bond motifs is 2. The van der Waals surface area contributed by atoms with E-state index in [-0.39, 0.29) is 23.9 Å². The number of halogens is 2. The maximum Gasteiger partial charge on any atom is 0.420 e. The highest BCUT2D eigenvalue weighted by molar-refractivity contribution is 9.10. The van der Waals surface area contributed by atoms with Crippen LogP contribution < -0.4 is 36.6 Å². The number of nitrogens with one attached hydrogen (secondary N) is 3. The summed E-state index contributed by atoms with van der Waals surface area (Å²) in [4.78, 5) is 58.6. The third kappa shape index (κ3) is 10.2. The molecule has 0 saturated carbocycles. The summed E-state index contributed by atoms with van der Waals surface area (Å²) < 4.78 is 42.9. The Labute approximate surface area is 408 Å². The molecule has 1 unspecified atom stereocenters. The molecule has 3 N–H and O–H groups in total. The van der Waals surface area contributed by atoms with E-state index in [4.69, 9.17) is 19.1 Å². The maximum absolute atomic E-state index is 15.7. The third-order valence-electron chi connectivity index (χ3n) is 13.7. The minimum atomic E-state index is -2.75. The van der Waals surface area contributed by atoms with E-state index in [2.05, 4.69) is 77.5 Å². The zero-order valence-electron chi connectivity index (χ0n) is 39.7. The van der Waals surface area contributed by atoms with Gasteiger partial charge in [-0.1, -0.05) is 26.0 Å². The Morgan fingerprint density at radius 1 is 0.899 bits per heavy atom. The summed E-state index contributed by atoms with van der Waals surface area (Å²) in [5.74, 6) is -0.760. The average Bonchev–Trinajstić information content (AvgIpc) is 3.68. The number of carbonyl (C=O) groups is 2. The van der Waals surface area contributed by atoms with E-state index in [0.717, 1.165) is 97.1 Å². The van der Waals surface area contributed by atoms with Crippen molar-refractivity contribution in [1.29, 1.82) is 0 Å². The van der Waals surface area contributed by atoms with E-state index in [0.29, 0.717) is 58.9 Å². The Hall–Kier alpha value is -5.68. The van der Waals surface area contributed by atoms with Gasteiger partial charge >= 0.3 is 5.76 Å². The van der Waals surface area contributed by atoms with Gasteiger partial charge in [0.2, 0.25) is 17.8 Å². The van der Waals surface area contributed by atoms with Gasteiger partial charge in [-0.3, -0.25) is 29.4 Å². The number of piperazine rings is 1. The number of hydrogen-bond acceptors (Lipinski definition) is 14. The summed E-state index contributed by atoms with van der Waals surface area (Å²) in [5.41, 5.74) is 6.13. The van der Waals surface area contributed by atoms with Crippen molar-refractivity contribution < 1.29 is 27.7 Å². The molecule has 3 aromatic carbocycles. The number of aromatic nitrogens is 4. The first-order chi connectivity index (χ1) is 33.2. The molecule has 3 aliphatic heterocycles. The predicted octanol–water partition coefficient (Wildman–Crippen LogP) is 7.90. The van der Waals surface area contributed by atoms with Crippen LogP contribution in [0, 0.1) is 5.82 Å². The molecule has 0 radical (unpaired) electrons. The second kappa shape index (κ2) is 20.3. The number of aryl methyl sites for hydroxylation is 2. The van der Waals surface area contributed by atoms with E-state index in [1.807, 2.05) is 31.2 Å². The molecule has 1 atom stereocenters. The van der Waals surface area contributed by atoms with Crippen molar-refractivity contribution in [1.82, 2.24) is 34.6 Å². The second-order valence-corrected chi connectivity index (χ2v) is 22.4. The zero-order valence-corrected chi connectivity index (χ0v) is 42.2. The van der Waals surface area contributed by atoms with Crippen LogP contribution in [0.2, 0.25) is 0 Å². The summed E-state index contributed by atoms with van der Waals surface area (Å²) in [6.45, 7) is 16.3. The highest BCUT2D eigenvalue weighted by atomic mass is 79.9. The molecule has 364 valence electrons. The quantitative estimate of drug-likeness (QED) is 0.0668. The highest BCUT2D eigenvalue weighted by Crippen LogP contribution is 2.42. The Morgan fingerprint density at radius 2 is 1.68 bits per heavy atom. The number of anilines is 5. The number of imide groups is 1. The number of ether oxygens (including phenoxy) is 1. The Balaban J connectivity index is 0.819. The fourth-order valence-electron chi connectivity index (χ4n) is 10.1. The average molecular weight is 1030 g/mol. The monoisotopic (exact) mass is 1020 g/mol. The first-order valence-electron chi connectivity index (χ1n) is 23.9. The van der Waals surface area contributed by atoms with Crippen molar-refractivity contribution in [2.75, 3.05) is 81.3 Å². The molecule has 9 rings (SSSR count). The minimum Gasteiger partial charge on any atom is -0.492 e. The molecular weight excluding hydrogens is 966 g/mol. The van der Waals surface area contributed by atoms with Crippen LogP contribution in [-0.4, -0.2) is 113 Å². The number of nitrogens with zero attached hydrogens (tertiary/aromatic N) is 7. The van der Waals surface area contributed by atoms with Gasteiger partial charge < -0.3 is 34.2 Å². The molecule has 0 spiro atoms. The first-order valence-corrected chi connectivity index (χ1v) is 27.3. The molecule has 3 aliphatic rings. The van der Waals surface area contributed by atoms with E-state index in [1.54, 1.807) is 31.7 Å². The van der Waals surface area contributed by atoms with E-state index in [1.165, 1.54) is 11.3 Å². The van der Waals surface area contributed by atoms with Gasteiger partial charge in [-0.05, 0) is 116 Å². The third-order valence-corrected chi connectivity index (χ3v) is 15.8. The lowest BCUT2D eigenvalue weighted by Gasteiger charge is -2.43. The zero-order chi connectivity index (χ0) is 48.6. The van der Waals surface area contributed by atoms with Crippen LogP contribution >= 0.6 is 23.1 Å². The lowest BCUT2D eigenvalue weighted by atomic mass is 9.99. The lowest BCUT2D eigenvalue weighted by Crippen LogP contribution is -2.53. The van der Waals surface area contributed by atoms with Crippen molar-refractivity contribution >= 4 is 91.0 Å². The van der Waals surface area contributed by atoms with Gasteiger partial charge in [0.1, 0.15) is 24.8 Å². The van der Waals surface area contributed by atoms with Gasteiger partial charge in [-0.15, -0.1) is 0 Å². The van der Waals surface area contributed by atoms with E-state index in [9.17, 15) is 18.9 Å². The van der Waals surface area contributed by atoms with Crippen LogP contribution in [0.5, 0.6) is 5.75 Å². The van der Waals surface area contributed by atoms with Gasteiger partial charge in [0.15, 0.2) is 11.4 Å².